The Hall–Kier alpha value is -2.91. The number of benzene rings is 2. The molecule has 3 aromatic rings. The monoisotopic (exact) mass is 590 g/mol. The van der Waals surface area contributed by atoms with E-state index in [1.807, 2.05) is 23.6 Å². The third-order valence-corrected chi connectivity index (χ3v) is 7.36. The maximum atomic E-state index is 13.0. The van der Waals surface area contributed by atoms with Gasteiger partial charge in [-0.25, -0.2) is 9.78 Å². The van der Waals surface area contributed by atoms with Crippen molar-refractivity contribution in [3.8, 4) is 17.0 Å². The zero-order valence-corrected chi connectivity index (χ0v) is 24.7. The fourth-order valence-electron chi connectivity index (χ4n) is 3.97. The zero-order valence-electron chi connectivity index (χ0n) is 22.3. The van der Waals surface area contributed by atoms with Crippen molar-refractivity contribution in [3.05, 3.63) is 68.0 Å². The number of hydrogen-bond donors (Lipinski definition) is 2. The van der Waals surface area contributed by atoms with Crippen LogP contribution in [0.5, 0.6) is 5.75 Å². The number of thiazole rings is 1. The van der Waals surface area contributed by atoms with Crippen LogP contribution in [0.3, 0.4) is 0 Å². The number of anilines is 1. The fraction of sp³-hybridized carbons (Fsp3) is 0.345. The molecular formula is C29H32Cl2N2O5S. The summed E-state index contributed by atoms with van der Waals surface area (Å²) in [5.74, 6) is -0.828. The van der Waals surface area contributed by atoms with E-state index in [9.17, 15) is 9.59 Å². The number of carbonyl (C=O) groups excluding carboxylic acids is 1. The largest absolute Gasteiger partial charge is 0.496 e. The first-order valence-corrected chi connectivity index (χ1v) is 14.3. The summed E-state index contributed by atoms with van der Waals surface area (Å²) in [4.78, 5) is 28.7. The van der Waals surface area contributed by atoms with Crippen molar-refractivity contribution in [2.75, 3.05) is 19.0 Å². The Morgan fingerprint density at radius 3 is 2.51 bits per heavy atom. The van der Waals surface area contributed by atoms with Crippen molar-refractivity contribution in [2.45, 2.75) is 52.6 Å². The molecule has 39 heavy (non-hydrogen) atoms. The first-order valence-electron chi connectivity index (χ1n) is 12.7. The number of nitrogens with zero attached hydrogens (tertiary/aromatic N) is 1. The number of nitrogens with one attached hydrogen (secondary N) is 1. The molecule has 1 aromatic heterocycles. The van der Waals surface area contributed by atoms with Crippen LogP contribution >= 0.6 is 34.5 Å². The number of methoxy groups -OCH3 is 1. The molecule has 0 aliphatic heterocycles. The Morgan fingerprint density at radius 2 is 1.90 bits per heavy atom. The van der Waals surface area contributed by atoms with Crippen LogP contribution in [0.2, 0.25) is 10.0 Å². The van der Waals surface area contributed by atoms with Crippen molar-refractivity contribution < 1.29 is 24.2 Å². The number of para-hydroxylation sites is 1. The molecular weight excluding hydrogens is 559 g/mol. The third kappa shape index (κ3) is 7.82. The molecule has 0 fully saturated rings. The lowest BCUT2D eigenvalue weighted by Crippen LogP contribution is -2.12. The number of halogens is 2. The Kier molecular flexibility index (Phi) is 11.4. The Morgan fingerprint density at radius 1 is 1.18 bits per heavy atom. The molecule has 0 aliphatic rings. The molecule has 0 bridgehead atoms. The summed E-state index contributed by atoms with van der Waals surface area (Å²) >= 11 is 13.9. The van der Waals surface area contributed by atoms with Gasteiger partial charge in [0, 0.05) is 39.8 Å². The van der Waals surface area contributed by atoms with Gasteiger partial charge in [-0.2, -0.15) is 0 Å². The number of hydrogen-bond acceptors (Lipinski definition) is 6. The molecule has 1 heterocycles. The Labute approximate surface area is 242 Å². The number of carboxylic acid groups (broad SMARTS) is 1. The van der Waals surface area contributed by atoms with Crippen LogP contribution in [0.15, 0.2) is 41.3 Å². The highest BCUT2D eigenvalue weighted by atomic mass is 35.5. The molecule has 0 unspecified atom stereocenters. The molecule has 0 spiro atoms. The van der Waals surface area contributed by atoms with E-state index >= 15 is 0 Å². The molecule has 2 aromatic carbocycles. The van der Waals surface area contributed by atoms with Crippen molar-refractivity contribution >= 4 is 57.6 Å². The van der Waals surface area contributed by atoms with E-state index in [4.69, 9.17) is 37.8 Å². The van der Waals surface area contributed by atoms with E-state index in [-0.39, 0.29) is 27.3 Å². The summed E-state index contributed by atoms with van der Waals surface area (Å²) in [5.41, 5.74) is 3.08. The van der Waals surface area contributed by atoms with Gasteiger partial charge in [-0.3, -0.25) is 10.1 Å². The lowest BCUT2D eigenvalue weighted by atomic mass is 9.98. The summed E-state index contributed by atoms with van der Waals surface area (Å²) in [7, 11) is 1.64. The van der Waals surface area contributed by atoms with Gasteiger partial charge in [0.2, 0.25) is 0 Å². The van der Waals surface area contributed by atoms with E-state index in [0.717, 1.165) is 36.8 Å². The Bertz CT molecular complexity index is 1320. The van der Waals surface area contributed by atoms with E-state index in [2.05, 4.69) is 24.1 Å². The predicted octanol–water partition coefficient (Wildman–Crippen LogP) is 8.52. The van der Waals surface area contributed by atoms with Crippen LogP contribution in [0.4, 0.5) is 5.13 Å². The molecule has 10 heteroatoms. The lowest BCUT2D eigenvalue weighted by Gasteiger charge is -2.22. The molecule has 0 radical (unpaired) electrons. The fourth-order valence-corrected chi connectivity index (χ4v) is 5.27. The van der Waals surface area contributed by atoms with Gasteiger partial charge in [0.25, 0.3) is 5.91 Å². The molecule has 2 N–H and O–H groups in total. The summed E-state index contributed by atoms with van der Waals surface area (Å²) in [6.45, 7) is 6.34. The number of aromatic nitrogens is 1. The van der Waals surface area contributed by atoms with E-state index < -0.39 is 11.9 Å². The molecule has 1 amide bonds. The van der Waals surface area contributed by atoms with Crippen LogP contribution in [-0.2, 0) is 9.53 Å². The van der Waals surface area contributed by atoms with Crippen LogP contribution in [0, 0.1) is 0 Å². The number of carbonyl (C=O) groups is 2. The van der Waals surface area contributed by atoms with Crippen LogP contribution in [0.25, 0.3) is 17.3 Å². The van der Waals surface area contributed by atoms with Crippen molar-refractivity contribution in [1.82, 2.24) is 4.98 Å². The van der Waals surface area contributed by atoms with E-state index in [1.54, 1.807) is 7.11 Å². The SMILES string of the molecule is CCCC[C@@H](OCCC)c1cccc(-c2csc(NC(=O)c3cc(Cl)c(C=C(C)C(=O)O)c(Cl)c3)n2)c1OC. The summed E-state index contributed by atoms with van der Waals surface area (Å²) < 4.78 is 12.0. The maximum absolute atomic E-state index is 13.0. The van der Waals surface area contributed by atoms with Gasteiger partial charge in [-0.1, -0.05) is 62.0 Å². The van der Waals surface area contributed by atoms with Crippen molar-refractivity contribution in [1.29, 1.82) is 0 Å². The quantitative estimate of drug-likeness (QED) is 0.193. The highest BCUT2D eigenvalue weighted by Gasteiger charge is 2.21. The average Bonchev–Trinajstić information content (AvgIpc) is 3.38. The van der Waals surface area contributed by atoms with Crippen molar-refractivity contribution in [2.24, 2.45) is 0 Å². The van der Waals surface area contributed by atoms with Gasteiger partial charge >= 0.3 is 5.97 Å². The average molecular weight is 592 g/mol. The van der Waals surface area contributed by atoms with Gasteiger partial charge in [-0.05, 0) is 44.0 Å². The second-order valence-electron chi connectivity index (χ2n) is 8.91. The minimum atomic E-state index is -1.09. The predicted molar refractivity (Wildman–Crippen MR) is 158 cm³/mol. The molecule has 0 saturated carbocycles. The van der Waals surface area contributed by atoms with Gasteiger partial charge < -0.3 is 14.6 Å². The number of carboxylic acids is 1. The highest BCUT2D eigenvalue weighted by molar-refractivity contribution is 7.14. The summed E-state index contributed by atoms with van der Waals surface area (Å²) in [5, 5.41) is 14.5. The van der Waals surface area contributed by atoms with Crippen LogP contribution in [-0.4, -0.2) is 35.7 Å². The van der Waals surface area contributed by atoms with Gasteiger partial charge in [0.15, 0.2) is 5.13 Å². The molecule has 0 aliphatic carbocycles. The smallest absolute Gasteiger partial charge is 0.331 e. The van der Waals surface area contributed by atoms with Gasteiger partial charge in [0.1, 0.15) is 5.75 Å². The summed E-state index contributed by atoms with van der Waals surface area (Å²) in [6, 6.07) is 8.81. The topological polar surface area (TPSA) is 97.8 Å². The minimum Gasteiger partial charge on any atom is -0.496 e. The standard InChI is InChI=1S/C29H32Cl2N2O5S/c1-5-7-11-25(38-12-6-2)20-10-8-9-19(26(20)37-4)24-16-39-29(32-24)33-27(34)18-14-22(30)21(23(31)15-18)13-17(3)28(35)36/h8-10,13-16,25H,5-7,11-12H2,1-4H3,(H,35,36)(H,32,33,34)/t25-/m1/s1. The molecule has 208 valence electrons. The maximum Gasteiger partial charge on any atom is 0.331 e. The number of rotatable bonds is 13. The normalized spacial score (nSPS) is 12.3. The summed E-state index contributed by atoms with van der Waals surface area (Å²) in [6.07, 6.45) is 5.22. The van der Waals surface area contributed by atoms with Gasteiger partial charge in [-0.15, -0.1) is 11.3 Å². The highest BCUT2D eigenvalue weighted by Crippen LogP contribution is 2.40. The van der Waals surface area contributed by atoms with E-state index in [1.165, 1.54) is 36.5 Å². The molecule has 1 atom stereocenters. The zero-order chi connectivity index (χ0) is 28.5. The van der Waals surface area contributed by atoms with Gasteiger partial charge in [0.05, 0.1) is 29.0 Å². The number of aliphatic carboxylic acids is 1. The number of amides is 1. The van der Waals surface area contributed by atoms with Crippen LogP contribution < -0.4 is 10.1 Å². The first-order chi connectivity index (χ1) is 18.7. The molecule has 0 saturated heterocycles. The van der Waals surface area contributed by atoms with E-state index in [0.29, 0.717) is 28.7 Å². The lowest BCUT2D eigenvalue weighted by molar-refractivity contribution is -0.132. The van der Waals surface area contributed by atoms with Crippen LogP contribution in [0.1, 0.15) is 74.0 Å². The molecule has 3 rings (SSSR count). The minimum absolute atomic E-state index is 0.0689. The number of unbranched alkanes of at least 4 members (excludes halogenated alkanes) is 1. The third-order valence-electron chi connectivity index (χ3n) is 5.98. The second-order valence-corrected chi connectivity index (χ2v) is 10.6. The Balaban J connectivity index is 1.86. The first kappa shape index (κ1) is 30.6. The second kappa shape index (κ2) is 14.5. The van der Waals surface area contributed by atoms with Crippen molar-refractivity contribution in [3.63, 3.8) is 0 Å². The molecule has 7 nitrogen and oxygen atoms in total. The number of ether oxygens (including phenoxy) is 2.